The molecule has 1 nitrogen and oxygen atoms in total. The van der Waals surface area contributed by atoms with Crippen molar-refractivity contribution in [1.29, 1.82) is 0 Å². The second kappa shape index (κ2) is 7.21. The molecule has 1 aliphatic carbocycles. The maximum Gasteiger partial charge on any atom is 0 e. The molecule has 10 heavy (non-hydrogen) atoms. The van der Waals surface area contributed by atoms with Crippen LogP contribution >= 0.6 is 0 Å². The normalized spacial score (nSPS) is 16.1. The number of hydrogen-bond acceptors (Lipinski definition) is 0. The summed E-state index contributed by atoms with van der Waals surface area (Å²) >= 11 is 0. The first kappa shape index (κ1) is 12.7. The van der Waals surface area contributed by atoms with Gasteiger partial charge in [0.25, 0.3) is 0 Å². The summed E-state index contributed by atoms with van der Waals surface area (Å²) in [5.41, 5.74) is 0. The predicted molar refractivity (Wildman–Crippen MR) is 39.3 cm³/mol. The van der Waals surface area contributed by atoms with Gasteiger partial charge in [0, 0.05) is 22.4 Å². The smallest absolute Gasteiger partial charge is 0 e. The fraction of sp³-hybridized carbons (Fsp3) is 0.625. The van der Waals surface area contributed by atoms with Gasteiger partial charge in [-0.15, -0.1) is 0 Å². The summed E-state index contributed by atoms with van der Waals surface area (Å²) in [6.07, 6.45) is 5.97. The summed E-state index contributed by atoms with van der Waals surface area (Å²) in [5.74, 6) is 0. The van der Waals surface area contributed by atoms with Gasteiger partial charge >= 0.3 is 0 Å². The van der Waals surface area contributed by atoms with Crippen LogP contribution in [0.4, 0.5) is 0 Å². The predicted octanol–water partition coefficient (Wildman–Crippen LogP) is 2.85. The first-order valence-corrected chi connectivity index (χ1v) is 3.15. The Bertz CT molecular complexity index is 100. The van der Waals surface area contributed by atoms with Crippen molar-refractivity contribution in [3.05, 3.63) is 24.9 Å². The number of hydrogen-bond donors (Lipinski definition) is 0. The number of rotatable bonds is 0. The summed E-state index contributed by atoms with van der Waals surface area (Å²) in [4.78, 5) is 3.41. The molecule has 0 amide bonds. The molecule has 0 saturated heterocycles. The topological polar surface area (TPSA) is 4.36 Å². The van der Waals surface area contributed by atoms with E-state index in [1.54, 1.807) is 0 Å². The SMILES string of the molecule is [Au].[C-]#[N+][C-]1CCCCC1.[CH3-]. The van der Waals surface area contributed by atoms with Crippen molar-refractivity contribution in [3.63, 3.8) is 0 Å². The van der Waals surface area contributed by atoms with E-state index in [1.807, 2.05) is 0 Å². The molecule has 1 rings (SSSR count). The van der Waals surface area contributed by atoms with Crippen LogP contribution in [0.25, 0.3) is 4.85 Å². The van der Waals surface area contributed by atoms with Crippen molar-refractivity contribution < 1.29 is 22.4 Å². The van der Waals surface area contributed by atoms with Crippen molar-refractivity contribution in [1.82, 2.24) is 0 Å². The maximum absolute atomic E-state index is 6.69. The van der Waals surface area contributed by atoms with Crippen LogP contribution < -0.4 is 0 Å². The summed E-state index contributed by atoms with van der Waals surface area (Å²) in [6, 6.07) is 1.09. The van der Waals surface area contributed by atoms with Gasteiger partial charge in [-0.25, -0.2) is 0 Å². The van der Waals surface area contributed by atoms with Crippen molar-refractivity contribution in [2.45, 2.75) is 32.1 Å². The van der Waals surface area contributed by atoms with E-state index in [9.17, 15) is 0 Å². The first-order chi connectivity index (χ1) is 3.93. The molecular weight excluding hydrogens is 307 g/mol. The van der Waals surface area contributed by atoms with Crippen LogP contribution in [0.2, 0.25) is 0 Å². The summed E-state index contributed by atoms with van der Waals surface area (Å²) in [6.45, 7) is 6.69. The van der Waals surface area contributed by atoms with E-state index in [-0.39, 0.29) is 29.8 Å². The largest absolute Gasteiger partial charge is 0.458 e. The zero-order valence-corrected chi connectivity index (χ0v) is 8.45. The average molecular weight is 320 g/mol. The van der Waals surface area contributed by atoms with Gasteiger partial charge in [-0.3, -0.25) is 6.57 Å². The molecule has 0 aromatic carbocycles. The minimum absolute atomic E-state index is 0. The Balaban J connectivity index is 0. The van der Waals surface area contributed by atoms with Gasteiger partial charge in [0.2, 0.25) is 0 Å². The summed E-state index contributed by atoms with van der Waals surface area (Å²) < 4.78 is 0. The van der Waals surface area contributed by atoms with Gasteiger partial charge in [-0.05, 0) is 6.04 Å². The molecule has 1 aliphatic rings. The van der Waals surface area contributed by atoms with Crippen molar-refractivity contribution in [2.24, 2.45) is 0 Å². The zero-order valence-electron chi connectivity index (χ0n) is 6.28. The van der Waals surface area contributed by atoms with Crippen molar-refractivity contribution >= 4 is 0 Å². The molecule has 0 aromatic heterocycles. The molecule has 0 heterocycles. The fourth-order valence-electron chi connectivity index (χ4n) is 1.07. The summed E-state index contributed by atoms with van der Waals surface area (Å²) in [7, 11) is 0. The molecule has 1 saturated carbocycles. The third kappa shape index (κ3) is 4.00. The fourth-order valence-corrected chi connectivity index (χ4v) is 1.07. The molecule has 0 N–H and O–H groups in total. The van der Waals surface area contributed by atoms with E-state index >= 15 is 0 Å². The van der Waals surface area contributed by atoms with Gasteiger partial charge in [0.05, 0.1) is 0 Å². The van der Waals surface area contributed by atoms with Gasteiger partial charge in [-0.2, -0.15) is 0 Å². The molecule has 0 bridgehead atoms. The molecule has 1 fully saturated rings. The molecule has 2 heteroatoms. The quantitative estimate of drug-likeness (QED) is 0.478. The molecule has 0 unspecified atom stereocenters. The van der Waals surface area contributed by atoms with E-state index in [0.717, 1.165) is 18.9 Å². The van der Waals surface area contributed by atoms with E-state index in [2.05, 4.69) is 4.85 Å². The van der Waals surface area contributed by atoms with Crippen molar-refractivity contribution in [3.8, 4) is 0 Å². The molecule has 0 aliphatic heterocycles. The Kier molecular flexibility index (Phi) is 9.19. The summed E-state index contributed by atoms with van der Waals surface area (Å²) in [5, 5.41) is 0. The Morgan fingerprint density at radius 3 is 1.90 bits per heavy atom. The minimum Gasteiger partial charge on any atom is -0.458 e. The third-order valence-corrected chi connectivity index (χ3v) is 1.59. The average Bonchev–Trinajstić information content (AvgIpc) is 1.90. The molecule has 0 aromatic rings. The molecule has 0 atom stereocenters. The van der Waals surface area contributed by atoms with Gasteiger partial charge in [0.15, 0.2) is 0 Å². The van der Waals surface area contributed by atoms with Gasteiger partial charge in [-0.1, -0.05) is 32.1 Å². The van der Waals surface area contributed by atoms with Crippen LogP contribution in [0, 0.1) is 20.0 Å². The first-order valence-electron chi connectivity index (χ1n) is 3.15. The zero-order chi connectivity index (χ0) is 5.82. The van der Waals surface area contributed by atoms with Crippen LogP contribution in [0.3, 0.4) is 0 Å². The standard InChI is InChI=1S/C7H10N.CH3.Au/c1-8-7-5-3-2-4-6-7;;/h2-6H2;1H3;/q2*-1;. The van der Waals surface area contributed by atoms with Gasteiger partial charge in [0.1, 0.15) is 0 Å². The van der Waals surface area contributed by atoms with E-state index in [4.69, 9.17) is 6.57 Å². The Hall–Kier alpha value is 0.100. The second-order valence-corrected chi connectivity index (χ2v) is 2.24. The third-order valence-electron chi connectivity index (χ3n) is 1.59. The molecule has 0 spiro atoms. The second-order valence-electron chi connectivity index (χ2n) is 2.24. The van der Waals surface area contributed by atoms with Crippen LogP contribution in [0.5, 0.6) is 0 Å². The van der Waals surface area contributed by atoms with E-state index < -0.39 is 0 Å². The molecule has 63 valence electrons. The molecular formula is C8H13AuN-2. The van der Waals surface area contributed by atoms with Gasteiger partial charge < -0.3 is 12.3 Å². The van der Waals surface area contributed by atoms with E-state index in [1.165, 1.54) is 19.3 Å². The van der Waals surface area contributed by atoms with Crippen LogP contribution in [-0.4, -0.2) is 0 Å². The maximum atomic E-state index is 6.69. The Labute approximate surface area is 79.5 Å². The van der Waals surface area contributed by atoms with Crippen molar-refractivity contribution in [2.75, 3.05) is 0 Å². The number of nitrogens with zero attached hydrogens (tertiary/aromatic N) is 1. The Morgan fingerprint density at radius 1 is 1.10 bits per heavy atom. The molecule has 1 radical (unpaired) electrons. The van der Waals surface area contributed by atoms with E-state index in [0.29, 0.717) is 0 Å². The monoisotopic (exact) mass is 320 g/mol. The minimum atomic E-state index is 0. The van der Waals surface area contributed by atoms with Crippen LogP contribution in [0.1, 0.15) is 32.1 Å². The van der Waals surface area contributed by atoms with Crippen LogP contribution in [0.15, 0.2) is 0 Å². The Morgan fingerprint density at radius 2 is 1.60 bits per heavy atom. The van der Waals surface area contributed by atoms with Crippen LogP contribution in [-0.2, 0) is 22.4 Å².